The van der Waals surface area contributed by atoms with Gasteiger partial charge in [-0.2, -0.15) is 0 Å². The van der Waals surface area contributed by atoms with Gasteiger partial charge in [-0.15, -0.1) is 5.10 Å². The van der Waals surface area contributed by atoms with Crippen molar-refractivity contribution in [1.29, 1.82) is 0 Å². The molecule has 0 saturated heterocycles. The lowest BCUT2D eigenvalue weighted by Crippen LogP contribution is -2.23. The van der Waals surface area contributed by atoms with Gasteiger partial charge in [-0.1, -0.05) is 5.21 Å². The standard InChI is InChI=1S/C8H17N5O/c1-14-5-3-10-2-4-13-7-8(6-9)11-12-13/h7,10H,2-6,9H2,1H3. The van der Waals surface area contributed by atoms with Crippen LogP contribution in [0.25, 0.3) is 0 Å². The summed E-state index contributed by atoms with van der Waals surface area (Å²) in [5.41, 5.74) is 6.23. The van der Waals surface area contributed by atoms with Gasteiger partial charge in [0.25, 0.3) is 0 Å². The van der Waals surface area contributed by atoms with E-state index in [0.717, 1.165) is 31.9 Å². The first-order valence-electron chi connectivity index (χ1n) is 4.65. The molecule has 0 spiro atoms. The molecule has 0 aliphatic heterocycles. The van der Waals surface area contributed by atoms with Crippen LogP contribution in [0.15, 0.2) is 6.20 Å². The lowest BCUT2D eigenvalue weighted by atomic mass is 10.5. The SMILES string of the molecule is COCCNCCn1cc(CN)nn1. The third-order valence-electron chi connectivity index (χ3n) is 1.80. The van der Waals surface area contributed by atoms with Gasteiger partial charge in [-0.05, 0) is 0 Å². The topological polar surface area (TPSA) is 78.0 Å². The minimum atomic E-state index is 0.442. The van der Waals surface area contributed by atoms with Gasteiger partial charge < -0.3 is 15.8 Å². The summed E-state index contributed by atoms with van der Waals surface area (Å²) in [6.45, 7) is 3.69. The number of ether oxygens (including phenoxy) is 1. The molecule has 1 aromatic rings. The van der Waals surface area contributed by atoms with Crippen LogP contribution in [0.4, 0.5) is 0 Å². The number of hydrogen-bond donors (Lipinski definition) is 2. The zero-order chi connectivity index (χ0) is 10.2. The smallest absolute Gasteiger partial charge is 0.0962 e. The highest BCUT2D eigenvalue weighted by Crippen LogP contribution is 1.89. The second-order valence-corrected chi connectivity index (χ2v) is 2.92. The number of rotatable bonds is 7. The van der Waals surface area contributed by atoms with Gasteiger partial charge in [0.15, 0.2) is 0 Å². The molecular weight excluding hydrogens is 182 g/mol. The van der Waals surface area contributed by atoms with Crippen molar-refractivity contribution in [2.24, 2.45) is 5.73 Å². The third kappa shape index (κ3) is 3.82. The number of nitrogens with two attached hydrogens (primary N) is 1. The summed E-state index contributed by atoms with van der Waals surface area (Å²) in [6, 6.07) is 0. The lowest BCUT2D eigenvalue weighted by molar-refractivity contribution is 0.199. The highest BCUT2D eigenvalue weighted by atomic mass is 16.5. The summed E-state index contributed by atoms with van der Waals surface area (Å²) < 4.78 is 6.68. The van der Waals surface area contributed by atoms with Crippen LogP contribution in [-0.2, 0) is 17.8 Å². The molecule has 0 fully saturated rings. The molecule has 6 heteroatoms. The van der Waals surface area contributed by atoms with Gasteiger partial charge in [-0.3, -0.25) is 4.68 Å². The number of hydrogen-bond acceptors (Lipinski definition) is 5. The molecule has 0 atom stereocenters. The van der Waals surface area contributed by atoms with Gasteiger partial charge in [-0.25, -0.2) is 0 Å². The molecule has 80 valence electrons. The van der Waals surface area contributed by atoms with Crippen LogP contribution in [0, 0.1) is 0 Å². The molecule has 0 amide bonds. The fourth-order valence-electron chi connectivity index (χ4n) is 1.03. The van der Waals surface area contributed by atoms with Crippen molar-refractivity contribution in [2.45, 2.75) is 13.1 Å². The Hall–Kier alpha value is -0.980. The summed E-state index contributed by atoms with van der Waals surface area (Å²) in [4.78, 5) is 0. The Morgan fingerprint density at radius 1 is 1.57 bits per heavy atom. The first-order chi connectivity index (χ1) is 6.86. The second kappa shape index (κ2) is 6.47. The quantitative estimate of drug-likeness (QED) is 0.549. The van der Waals surface area contributed by atoms with E-state index < -0.39 is 0 Å². The summed E-state index contributed by atoms with van der Waals surface area (Å²) in [6.07, 6.45) is 1.86. The van der Waals surface area contributed by atoms with Crippen molar-refractivity contribution < 1.29 is 4.74 Å². The normalized spacial score (nSPS) is 10.7. The average molecular weight is 199 g/mol. The van der Waals surface area contributed by atoms with Gasteiger partial charge >= 0.3 is 0 Å². The van der Waals surface area contributed by atoms with Crippen LogP contribution in [0.1, 0.15) is 5.69 Å². The largest absolute Gasteiger partial charge is 0.383 e. The number of aromatic nitrogens is 3. The van der Waals surface area contributed by atoms with E-state index >= 15 is 0 Å². The fraction of sp³-hybridized carbons (Fsp3) is 0.750. The first kappa shape index (κ1) is 11.1. The summed E-state index contributed by atoms with van der Waals surface area (Å²) in [7, 11) is 1.69. The predicted octanol–water partition coefficient (Wildman–Crippen LogP) is -1.03. The predicted molar refractivity (Wildman–Crippen MR) is 52.7 cm³/mol. The van der Waals surface area contributed by atoms with Crippen molar-refractivity contribution in [3.05, 3.63) is 11.9 Å². The van der Waals surface area contributed by atoms with Crippen molar-refractivity contribution in [2.75, 3.05) is 26.8 Å². The Morgan fingerprint density at radius 2 is 2.43 bits per heavy atom. The van der Waals surface area contributed by atoms with Crippen molar-refractivity contribution >= 4 is 0 Å². The van der Waals surface area contributed by atoms with E-state index in [4.69, 9.17) is 10.5 Å². The van der Waals surface area contributed by atoms with Crippen molar-refractivity contribution in [1.82, 2.24) is 20.3 Å². The molecule has 1 heterocycles. The monoisotopic (exact) mass is 199 g/mol. The van der Waals surface area contributed by atoms with Gasteiger partial charge in [0, 0.05) is 32.9 Å². The maximum absolute atomic E-state index is 5.41. The van der Waals surface area contributed by atoms with Crippen LogP contribution >= 0.6 is 0 Å². The van der Waals surface area contributed by atoms with Gasteiger partial charge in [0.2, 0.25) is 0 Å². The maximum Gasteiger partial charge on any atom is 0.0962 e. The van der Waals surface area contributed by atoms with E-state index in [0.29, 0.717) is 6.54 Å². The molecular formula is C8H17N5O. The fourth-order valence-corrected chi connectivity index (χ4v) is 1.03. The van der Waals surface area contributed by atoms with Crippen LogP contribution in [0.5, 0.6) is 0 Å². The Bertz CT molecular complexity index is 250. The van der Waals surface area contributed by atoms with E-state index in [1.807, 2.05) is 6.20 Å². The third-order valence-corrected chi connectivity index (χ3v) is 1.80. The van der Waals surface area contributed by atoms with E-state index in [1.165, 1.54) is 0 Å². The number of nitrogens with one attached hydrogen (secondary N) is 1. The summed E-state index contributed by atoms with van der Waals surface area (Å²) in [5.74, 6) is 0. The maximum atomic E-state index is 5.41. The van der Waals surface area contributed by atoms with Crippen molar-refractivity contribution in [3.8, 4) is 0 Å². The number of methoxy groups -OCH3 is 1. The minimum Gasteiger partial charge on any atom is -0.383 e. The zero-order valence-electron chi connectivity index (χ0n) is 8.44. The van der Waals surface area contributed by atoms with Crippen LogP contribution in [0.3, 0.4) is 0 Å². The Kier molecular flexibility index (Phi) is 5.13. The molecule has 0 radical (unpaired) electrons. The van der Waals surface area contributed by atoms with E-state index in [2.05, 4.69) is 15.6 Å². The second-order valence-electron chi connectivity index (χ2n) is 2.92. The first-order valence-corrected chi connectivity index (χ1v) is 4.65. The molecule has 3 N–H and O–H groups in total. The van der Waals surface area contributed by atoms with Gasteiger partial charge in [0.1, 0.15) is 0 Å². The molecule has 14 heavy (non-hydrogen) atoms. The molecule has 0 aliphatic rings. The molecule has 6 nitrogen and oxygen atoms in total. The highest BCUT2D eigenvalue weighted by Gasteiger charge is 1.96. The van der Waals surface area contributed by atoms with Crippen molar-refractivity contribution in [3.63, 3.8) is 0 Å². The van der Waals surface area contributed by atoms with Crippen LogP contribution < -0.4 is 11.1 Å². The summed E-state index contributed by atoms with van der Waals surface area (Å²) >= 11 is 0. The molecule has 0 aromatic carbocycles. The Balaban J connectivity index is 2.12. The van der Waals surface area contributed by atoms with Crippen LogP contribution in [0.2, 0.25) is 0 Å². The summed E-state index contributed by atoms with van der Waals surface area (Å²) in [5, 5.41) is 11.0. The molecule has 0 unspecified atom stereocenters. The highest BCUT2D eigenvalue weighted by molar-refractivity contribution is 4.90. The molecule has 0 aliphatic carbocycles. The molecule has 1 aromatic heterocycles. The van der Waals surface area contributed by atoms with E-state index in [9.17, 15) is 0 Å². The molecule has 1 rings (SSSR count). The average Bonchev–Trinajstić information content (AvgIpc) is 2.65. The Labute approximate surface area is 83.4 Å². The van der Waals surface area contributed by atoms with Crippen LogP contribution in [-0.4, -0.2) is 41.8 Å². The molecule has 0 bridgehead atoms. The zero-order valence-corrected chi connectivity index (χ0v) is 8.44. The Morgan fingerprint density at radius 3 is 3.07 bits per heavy atom. The lowest BCUT2D eigenvalue weighted by Gasteiger charge is -2.02. The van der Waals surface area contributed by atoms with E-state index in [-0.39, 0.29) is 0 Å². The van der Waals surface area contributed by atoms with E-state index in [1.54, 1.807) is 11.8 Å². The minimum absolute atomic E-state index is 0.442. The number of nitrogens with zero attached hydrogens (tertiary/aromatic N) is 3. The van der Waals surface area contributed by atoms with Gasteiger partial charge in [0.05, 0.1) is 18.8 Å². The molecule has 0 saturated carbocycles.